The lowest BCUT2D eigenvalue weighted by atomic mass is 10.6. The van der Waals surface area contributed by atoms with Crippen molar-refractivity contribution in [3.05, 3.63) is 24.3 Å². The van der Waals surface area contributed by atoms with Crippen LogP contribution in [0.4, 0.5) is 0 Å². The van der Waals surface area contributed by atoms with Crippen LogP contribution in [-0.4, -0.2) is 26.5 Å². The van der Waals surface area contributed by atoms with Crippen molar-refractivity contribution in [3.63, 3.8) is 0 Å². The Kier molecular flexibility index (Phi) is 3.83. The van der Waals surface area contributed by atoms with Gasteiger partial charge in [0.05, 0.1) is 5.75 Å². The Morgan fingerprint density at radius 3 is 2.67 bits per heavy atom. The first-order valence-electron chi connectivity index (χ1n) is 3.64. The van der Waals surface area contributed by atoms with Gasteiger partial charge in [0.15, 0.2) is 0 Å². The van der Waals surface area contributed by atoms with E-state index in [9.17, 15) is 4.21 Å². The number of hydrogen-bond donors (Lipinski definition) is 1. The van der Waals surface area contributed by atoms with Crippen LogP contribution in [0, 0.1) is 0 Å². The fraction of sp³-hybridized carbons (Fsp3) is 0.429. The van der Waals surface area contributed by atoms with E-state index in [1.807, 2.05) is 0 Å². The van der Waals surface area contributed by atoms with Gasteiger partial charge in [-0.1, -0.05) is 0 Å². The zero-order chi connectivity index (χ0) is 8.81. The van der Waals surface area contributed by atoms with Gasteiger partial charge < -0.3 is 5.73 Å². The molecule has 66 valence electrons. The average molecular weight is 185 g/mol. The van der Waals surface area contributed by atoms with Gasteiger partial charge in [0.2, 0.25) is 0 Å². The number of hydrogen-bond acceptors (Lipinski definition) is 4. The summed E-state index contributed by atoms with van der Waals surface area (Å²) in [5, 5.41) is 0. The maximum Gasteiger partial charge on any atom is 0.140 e. The molecule has 1 atom stereocenters. The first-order valence-corrected chi connectivity index (χ1v) is 5.12. The van der Waals surface area contributed by atoms with E-state index in [4.69, 9.17) is 5.73 Å². The van der Waals surface area contributed by atoms with Gasteiger partial charge in [-0.25, -0.2) is 9.97 Å². The minimum Gasteiger partial charge on any atom is -0.330 e. The van der Waals surface area contributed by atoms with Crippen LogP contribution in [0.3, 0.4) is 0 Å². The lowest BCUT2D eigenvalue weighted by Gasteiger charge is -1.97. The Balaban J connectivity index is 2.47. The number of rotatable bonds is 4. The minimum absolute atomic E-state index is 0.401. The highest BCUT2D eigenvalue weighted by molar-refractivity contribution is 7.84. The van der Waals surface area contributed by atoms with E-state index in [-0.39, 0.29) is 0 Å². The van der Waals surface area contributed by atoms with Crippen LogP contribution in [0.15, 0.2) is 18.5 Å². The van der Waals surface area contributed by atoms with Crippen LogP contribution in [0.5, 0.6) is 0 Å². The normalized spacial score (nSPS) is 12.8. The van der Waals surface area contributed by atoms with Gasteiger partial charge in [0.25, 0.3) is 0 Å². The highest BCUT2D eigenvalue weighted by Gasteiger charge is 2.01. The SMILES string of the molecule is NCCS(=O)Cc1ncccn1. The largest absolute Gasteiger partial charge is 0.330 e. The van der Waals surface area contributed by atoms with E-state index < -0.39 is 10.8 Å². The molecule has 1 rings (SSSR count). The Morgan fingerprint density at radius 1 is 1.42 bits per heavy atom. The average Bonchev–Trinajstić information content (AvgIpc) is 2.06. The van der Waals surface area contributed by atoms with Crippen LogP contribution in [0.2, 0.25) is 0 Å². The summed E-state index contributed by atoms with van der Waals surface area (Å²) in [6.07, 6.45) is 3.28. The van der Waals surface area contributed by atoms with Gasteiger partial charge in [0, 0.05) is 35.5 Å². The summed E-state index contributed by atoms with van der Waals surface area (Å²) in [5.74, 6) is 1.53. The van der Waals surface area contributed by atoms with Crippen molar-refractivity contribution < 1.29 is 4.21 Å². The van der Waals surface area contributed by atoms with Crippen LogP contribution in [-0.2, 0) is 16.6 Å². The predicted molar refractivity (Wildman–Crippen MR) is 47.8 cm³/mol. The summed E-state index contributed by atoms with van der Waals surface area (Å²) >= 11 is 0. The topological polar surface area (TPSA) is 68.9 Å². The Bertz CT molecular complexity index is 252. The second-order valence-electron chi connectivity index (χ2n) is 2.24. The van der Waals surface area contributed by atoms with Gasteiger partial charge in [-0.05, 0) is 6.07 Å². The molecule has 0 aliphatic rings. The number of nitrogens with zero attached hydrogens (tertiary/aromatic N) is 2. The molecule has 0 saturated carbocycles. The highest BCUT2D eigenvalue weighted by Crippen LogP contribution is 1.93. The lowest BCUT2D eigenvalue weighted by molar-refractivity contribution is 0.681. The molecular formula is C7H11N3OS. The molecule has 0 fully saturated rings. The summed E-state index contributed by atoms with van der Waals surface area (Å²) < 4.78 is 11.2. The Morgan fingerprint density at radius 2 is 2.08 bits per heavy atom. The van der Waals surface area contributed by atoms with Gasteiger partial charge in [0.1, 0.15) is 5.82 Å². The summed E-state index contributed by atoms with van der Waals surface area (Å²) in [6.45, 7) is 0.444. The Hall–Kier alpha value is -0.810. The third-order valence-electron chi connectivity index (χ3n) is 1.25. The monoisotopic (exact) mass is 185 g/mol. The second-order valence-corrected chi connectivity index (χ2v) is 3.82. The number of aromatic nitrogens is 2. The molecule has 1 aromatic rings. The highest BCUT2D eigenvalue weighted by atomic mass is 32.2. The number of nitrogens with two attached hydrogens (primary N) is 1. The van der Waals surface area contributed by atoms with Crippen molar-refractivity contribution >= 4 is 10.8 Å². The van der Waals surface area contributed by atoms with E-state index in [2.05, 4.69) is 9.97 Å². The van der Waals surface area contributed by atoms with Crippen molar-refractivity contribution in [2.24, 2.45) is 5.73 Å². The van der Waals surface area contributed by atoms with Gasteiger partial charge in [-0.15, -0.1) is 0 Å². The standard InChI is InChI=1S/C7H11N3OS/c8-2-5-12(11)6-7-9-3-1-4-10-7/h1,3-4H,2,5-6,8H2. The van der Waals surface area contributed by atoms with Crippen molar-refractivity contribution in [3.8, 4) is 0 Å². The summed E-state index contributed by atoms with van der Waals surface area (Å²) in [7, 11) is -0.921. The molecule has 2 N–H and O–H groups in total. The van der Waals surface area contributed by atoms with E-state index in [1.165, 1.54) is 0 Å². The smallest absolute Gasteiger partial charge is 0.140 e. The van der Waals surface area contributed by atoms with Gasteiger partial charge >= 0.3 is 0 Å². The molecule has 1 unspecified atom stereocenters. The fourth-order valence-corrected chi connectivity index (χ4v) is 1.60. The zero-order valence-electron chi connectivity index (χ0n) is 6.64. The molecule has 1 heterocycles. The molecular weight excluding hydrogens is 174 g/mol. The Labute approximate surface area is 73.7 Å². The van der Waals surface area contributed by atoms with Crippen molar-refractivity contribution in [2.75, 3.05) is 12.3 Å². The molecule has 0 radical (unpaired) electrons. The quantitative estimate of drug-likeness (QED) is 0.698. The summed E-state index contributed by atoms with van der Waals surface area (Å²) in [4.78, 5) is 7.91. The zero-order valence-corrected chi connectivity index (χ0v) is 7.46. The van der Waals surface area contributed by atoms with E-state index in [1.54, 1.807) is 18.5 Å². The third kappa shape index (κ3) is 3.06. The lowest BCUT2D eigenvalue weighted by Crippen LogP contribution is -2.12. The molecule has 0 bridgehead atoms. The van der Waals surface area contributed by atoms with E-state index in [0.29, 0.717) is 23.9 Å². The molecule has 0 aromatic carbocycles. The summed E-state index contributed by atoms with van der Waals surface area (Å²) in [5.41, 5.74) is 5.25. The van der Waals surface area contributed by atoms with E-state index in [0.717, 1.165) is 0 Å². The molecule has 0 saturated heterocycles. The molecule has 4 nitrogen and oxygen atoms in total. The maximum absolute atomic E-state index is 11.2. The van der Waals surface area contributed by atoms with Crippen molar-refractivity contribution in [1.29, 1.82) is 0 Å². The van der Waals surface area contributed by atoms with Crippen molar-refractivity contribution in [2.45, 2.75) is 5.75 Å². The molecule has 0 aliphatic heterocycles. The molecule has 0 aliphatic carbocycles. The van der Waals surface area contributed by atoms with Crippen molar-refractivity contribution in [1.82, 2.24) is 9.97 Å². The minimum atomic E-state index is -0.921. The third-order valence-corrected chi connectivity index (χ3v) is 2.53. The molecule has 5 heteroatoms. The summed E-state index contributed by atoms with van der Waals surface area (Å²) in [6, 6.07) is 1.73. The van der Waals surface area contributed by atoms with Crippen LogP contribution >= 0.6 is 0 Å². The van der Waals surface area contributed by atoms with E-state index >= 15 is 0 Å². The van der Waals surface area contributed by atoms with Gasteiger partial charge in [-0.3, -0.25) is 4.21 Å². The molecule has 0 spiro atoms. The molecule has 1 aromatic heterocycles. The first-order chi connectivity index (χ1) is 5.83. The second kappa shape index (κ2) is 4.95. The van der Waals surface area contributed by atoms with Crippen LogP contribution in [0.25, 0.3) is 0 Å². The first kappa shape index (κ1) is 9.28. The van der Waals surface area contributed by atoms with Gasteiger partial charge in [-0.2, -0.15) is 0 Å². The predicted octanol–water partition coefficient (Wildman–Crippen LogP) is -0.316. The maximum atomic E-state index is 11.2. The van der Waals surface area contributed by atoms with Crippen LogP contribution < -0.4 is 5.73 Å². The molecule has 12 heavy (non-hydrogen) atoms. The molecule has 0 amide bonds. The van der Waals surface area contributed by atoms with Crippen LogP contribution in [0.1, 0.15) is 5.82 Å². The fourth-order valence-electron chi connectivity index (χ4n) is 0.752.